The van der Waals surface area contributed by atoms with E-state index in [1.807, 2.05) is 33.0 Å². The number of anilines is 1. The highest BCUT2D eigenvalue weighted by atomic mass is 32.2. The van der Waals surface area contributed by atoms with Gasteiger partial charge in [-0.25, -0.2) is 13.8 Å². The lowest BCUT2D eigenvalue weighted by molar-refractivity contribution is 0.0206. The molecule has 2 aromatic rings. The number of nitrogens with zero attached hydrogens (tertiary/aromatic N) is 3. The maximum absolute atomic E-state index is 13.4. The molecule has 0 bridgehead atoms. The SMILES string of the molecule is CC(C)(C)OC(=O)N1CCCC(Nc2ccnc3c2c(CC2CC2)cn3SF)C1. The standard InChI is InChI=1S/C21H29FN4O2S/c1-21(2,3)28-20(27)25-10-4-5-16(13-25)24-17-8-9-23-19-18(17)15(11-14-6-7-14)12-26(19)29-22/h8-9,12,14,16H,4-7,10-11,13H2,1-3H3,(H,23,24). The van der Waals surface area contributed by atoms with Gasteiger partial charge in [0.05, 0.1) is 0 Å². The average molecular weight is 421 g/mol. The molecule has 2 aliphatic rings. The summed E-state index contributed by atoms with van der Waals surface area (Å²) in [6.07, 6.45) is 8.66. The van der Waals surface area contributed by atoms with Crippen LogP contribution in [0.5, 0.6) is 0 Å². The molecule has 8 heteroatoms. The molecular weight excluding hydrogens is 391 g/mol. The highest BCUT2D eigenvalue weighted by molar-refractivity contribution is 7.92. The molecule has 0 spiro atoms. The fourth-order valence-corrected chi connectivity index (χ4v) is 4.34. The molecule has 1 unspecified atom stereocenters. The van der Waals surface area contributed by atoms with Gasteiger partial charge in [0.15, 0.2) is 18.0 Å². The number of piperidine rings is 1. The van der Waals surface area contributed by atoms with E-state index in [9.17, 15) is 8.68 Å². The van der Waals surface area contributed by atoms with Gasteiger partial charge in [0.2, 0.25) is 0 Å². The van der Waals surface area contributed by atoms with Crippen molar-refractivity contribution in [3.63, 3.8) is 0 Å². The van der Waals surface area contributed by atoms with Crippen molar-refractivity contribution in [2.45, 2.75) is 64.5 Å². The van der Waals surface area contributed by atoms with Gasteiger partial charge in [-0.3, -0.25) is 0 Å². The molecule has 2 fully saturated rings. The molecule has 1 aliphatic heterocycles. The van der Waals surface area contributed by atoms with Crippen LogP contribution in [0.2, 0.25) is 0 Å². The number of ether oxygens (including phenoxy) is 1. The van der Waals surface area contributed by atoms with Crippen molar-refractivity contribution < 1.29 is 13.4 Å². The van der Waals surface area contributed by atoms with Gasteiger partial charge in [-0.1, -0.05) is 0 Å². The van der Waals surface area contributed by atoms with Gasteiger partial charge in [0.1, 0.15) is 5.60 Å². The molecule has 0 radical (unpaired) electrons. The van der Waals surface area contributed by atoms with Crippen LogP contribution in [0.4, 0.5) is 14.4 Å². The molecule has 6 nitrogen and oxygen atoms in total. The Kier molecular flexibility index (Phi) is 5.64. The third-order valence-electron chi connectivity index (χ3n) is 5.45. The minimum Gasteiger partial charge on any atom is -0.444 e. The van der Waals surface area contributed by atoms with Gasteiger partial charge < -0.3 is 15.0 Å². The van der Waals surface area contributed by atoms with Crippen molar-refractivity contribution in [1.29, 1.82) is 0 Å². The molecule has 1 amide bonds. The Balaban J connectivity index is 1.54. The number of carbonyl (C=O) groups excluding carboxylic acids is 1. The first-order valence-electron chi connectivity index (χ1n) is 10.4. The van der Waals surface area contributed by atoms with Crippen LogP contribution in [0.3, 0.4) is 0 Å². The van der Waals surface area contributed by atoms with Crippen LogP contribution in [-0.4, -0.2) is 44.7 Å². The molecule has 1 N–H and O–H groups in total. The summed E-state index contributed by atoms with van der Waals surface area (Å²) in [5.41, 5.74) is 2.26. The van der Waals surface area contributed by atoms with Crippen LogP contribution >= 0.6 is 12.3 Å². The highest BCUT2D eigenvalue weighted by Crippen LogP contribution is 2.38. The molecule has 0 aromatic carbocycles. The van der Waals surface area contributed by atoms with Crippen LogP contribution in [-0.2, 0) is 11.2 Å². The van der Waals surface area contributed by atoms with Crippen LogP contribution < -0.4 is 5.32 Å². The second kappa shape index (κ2) is 8.05. The van der Waals surface area contributed by atoms with Crippen molar-refractivity contribution in [3.8, 4) is 0 Å². The van der Waals surface area contributed by atoms with E-state index < -0.39 is 5.60 Å². The number of amides is 1. The fourth-order valence-electron chi connectivity index (χ4n) is 3.97. The number of pyridine rings is 1. The van der Waals surface area contributed by atoms with Crippen molar-refractivity contribution in [3.05, 3.63) is 24.0 Å². The Morgan fingerprint density at radius 2 is 2.17 bits per heavy atom. The third kappa shape index (κ3) is 4.79. The molecule has 1 aliphatic carbocycles. The zero-order valence-corrected chi connectivity index (χ0v) is 18.1. The Labute approximate surface area is 175 Å². The van der Waals surface area contributed by atoms with E-state index >= 15 is 0 Å². The second-order valence-corrected chi connectivity index (χ2v) is 9.70. The lowest BCUT2D eigenvalue weighted by Crippen LogP contribution is -2.47. The largest absolute Gasteiger partial charge is 0.444 e. The van der Waals surface area contributed by atoms with Crippen molar-refractivity contribution in [1.82, 2.24) is 13.9 Å². The summed E-state index contributed by atoms with van der Waals surface area (Å²) in [6.45, 7) is 6.95. The Hall–Kier alpha value is -1.96. The summed E-state index contributed by atoms with van der Waals surface area (Å²) in [6, 6.07) is 2.08. The molecular formula is C21H29FN4O2S. The van der Waals surface area contributed by atoms with E-state index in [-0.39, 0.29) is 24.5 Å². The molecule has 2 aromatic heterocycles. The first kappa shape index (κ1) is 20.3. The molecule has 1 saturated heterocycles. The molecule has 158 valence electrons. The van der Waals surface area contributed by atoms with Crippen molar-refractivity contribution >= 4 is 35.1 Å². The van der Waals surface area contributed by atoms with Crippen LogP contribution in [0.15, 0.2) is 18.5 Å². The lowest BCUT2D eigenvalue weighted by Gasteiger charge is -2.35. The molecule has 3 heterocycles. The second-order valence-electron chi connectivity index (χ2n) is 9.16. The average Bonchev–Trinajstić information content (AvgIpc) is 3.41. The number of nitrogens with one attached hydrogen (secondary N) is 1. The number of fused-ring (bicyclic) bond motifs is 1. The van der Waals surface area contributed by atoms with E-state index in [4.69, 9.17) is 4.74 Å². The maximum atomic E-state index is 13.4. The maximum Gasteiger partial charge on any atom is 0.410 e. The van der Waals surface area contributed by atoms with Crippen LogP contribution in [0, 0.1) is 5.92 Å². The van der Waals surface area contributed by atoms with Gasteiger partial charge >= 0.3 is 6.09 Å². The molecule has 4 rings (SSSR count). The van der Waals surface area contributed by atoms with Gasteiger partial charge in [-0.05, 0) is 70.4 Å². The zero-order valence-electron chi connectivity index (χ0n) is 17.3. The first-order chi connectivity index (χ1) is 13.8. The van der Waals surface area contributed by atoms with Crippen molar-refractivity contribution in [2.24, 2.45) is 5.92 Å². The number of halogens is 1. The van der Waals surface area contributed by atoms with Gasteiger partial charge in [0.25, 0.3) is 0 Å². The van der Waals surface area contributed by atoms with Crippen LogP contribution in [0.25, 0.3) is 11.0 Å². The van der Waals surface area contributed by atoms with Gasteiger partial charge in [-0.2, -0.15) is 0 Å². The molecule has 1 saturated carbocycles. The van der Waals surface area contributed by atoms with Gasteiger partial charge in [0, 0.05) is 42.6 Å². The minimum absolute atomic E-state index is 0.122. The lowest BCUT2D eigenvalue weighted by atomic mass is 10.0. The summed E-state index contributed by atoms with van der Waals surface area (Å²) < 4.78 is 20.5. The smallest absolute Gasteiger partial charge is 0.410 e. The summed E-state index contributed by atoms with van der Waals surface area (Å²) in [7, 11) is 0. The molecule has 1 atom stereocenters. The minimum atomic E-state index is -0.501. The summed E-state index contributed by atoms with van der Waals surface area (Å²) in [5.74, 6) is 0.698. The topological polar surface area (TPSA) is 59.4 Å². The summed E-state index contributed by atoms with van der Waals surface area (Å²) in [5, 5.41) is 4.61. The van der Waals surface area contributed by atoms with E-state index in [1.165, 1.54) is 16.8 Å². The van der Waals surface area contributed by atoms with Crippen LogP contribution in [0.1, 0.15) is 52.0 Å². The van der Waals surface area contributed by atoms with E-state index in [2.05, 4.69) is 10.3 Å². The number of hydrogen-bond acceptors (Lipinski definition) is 5. The number of aromatic nitrogens is 2. The Morgan fingerprint density at radius 3 is 2.86 bits per heavy atom. The number of hydrogen-bond donors (Lipinski definition) is 1. The normalized spacial score (nSPS) is 20.1. The van der Waals surface area contributed by atoms with E-state index in [1.54, 1.807) is 11.1 Å². The zero-order chi connectivity index (χ0) is 20.6. The third-order valence-corrected chi connectivity index (χ3v) is 5.87. The fraction of sp³-hybridized carbons (Fsp3) is 0.619. The molecule has 29 heavy (non-hydrogen) atoms. The highest BCUT2D eigenvalue weighted by Gasteiger charge is 2.29. The number of rotatable bonds is 5. The first-order valence-corrected chi connectivity index (χ1v) is 11.0. The van der Waals surface area contributed by atoms with E-state index in [0.717, 1.165) is 35.9 Å². The van der Waals surface area contributed by atoms with Gasteiger partial charge in [-0.15, -0.1) is 3.89 Å². The van der Waals surface area contributed by atoms with E-state index in [0.29, 0.717) is 24.7 Å². The van der Waals surface area contributed by atoms with Crippen molar-refractivity contribution in [2.75, 3.05) is 18.4 Å². The number of likely N-dealkylation sites (tertiary alicyclic amines) is 1. The Bertz CT molecular complexity index is 891. The Morgan fingerprint density at radius 1 is 1.38 bits per heavy atom. The quantitative estimate of drug-likeness (QED) is 0.722. The predicted molar refractivity (Wildman–Crippen MR) is 115 cm³/mol. The summed E-state index contributed by atoms with van der Waals surface area (Å²) >= 11 is 0.188. The number of carbonyl (C=O) groups is 1. The summed E-state index contributed by atoms with van der Waals surface area (Å²) in [4.78, 5) is 18.7. The predicted octanol–water partition coefficient (Wildman–Crippen LogP) is 5.18. The monoisotopic (exact) mass is 420 g/mol.